The lowest BCUT2D eigenvalue weighted by molar-refractivity contribution is -0.135. The van der Waals surface area contributed by atoms with Crippen molar-refractivity contribution in [1.29, 1.82) is 0 Å². The Hall–Kier alpha value is -2.57. The number of nitrogens with two attached hydrogens (primary N) is 1. The van der Waals surface area contributed by atoms with E-state index in [4.69, 9.17) is 5.73 Å². The predicted octanol–water partition coefficient (Wildman–Crippen LogP) is -0.130. The third-order valence-electron chi connectivity index (χ3n) is 3.60. The number of nitrogens with zero attached hydrogens (tertiary/aromatic N) is 1. The molecule has 0 saturated carbocycles. The maximum atomic E-state index is 12.0. The summed E-state index contributed by atoms with van der Waals surface area (Å²) in [7, 11) is 1.53. The Morgan fingerprint density at radius 1 is 1.38 bits per heavy atom. The molecule has 0 aromatic heterocycles. The van der Waals surface area contributed by atoms with Gasteiger partial charge in [0.1, 0.15) is 5.54 Å². The number of imide groups is 1. The molecular formula is C14H18N4O3. The van der Waals surface area contributed by atoms with E-state index >= 15 is 0 Å². The summed E-state index contributed by atoms with van der Waals surface area (Å²) in [5.41, 5.74) is 6.32. The van der Waals surface area contributed by atoms with Crippen LogP contribution in [0.25, 0.3) is 0 Å². The van der Waals surface area contributed by atoms with Crippen molar-refractivity contribution in [1.82, 2.24) is 10.6 Å². The van der Waals surface area contributed by atoms with E-state index < -0.39 is 17.4 Å². The maximum Gasteiger partial charge on any atom is 0.251 e. The topological polar surface area (TPSA) is 105 Å². The molecule has 1 aliphatic heterocycles. The standard InChI is InChI=1S/C14H18N4O3/c1-14(2)13(21)17-11(19)7-18(14)10-6-8(12(20)16-3)4-5-9(10)15/h4-6H,7,15H2,1-3H3,(H,16,20)(H,17,19,21). The summed E-state index contributed by atoms with van der Waals surface area (Å²) in [5.74, 6) is -1.06. The van der Waals surface area contributed by atoms with Gasteiger partial charge in [-0.2, -0.15) is 0 Å². The molecule has 112 valence electrons. The number of carbonyl (C=O) groups excluding carboxylic acids is 3. The number of carbonyl (C=O) groups is 3. The third-order valence-corrected chi connectivity index (χ3v) is 3.60. The van der Waals surface area contributed by atoms with Gasteiger partial charge in [-0.1, -0.05) is 0 Å². The van der Waals surface area contributed by atoms with E-state index in [9.17, 15) is 14.4 Å². The maximum absolute atomic E-state index is 12.0. The fourth-order valence-electron chi connectivity index (χ4n) is 2.23. The third kappa shape index (κ3) is 2.54. The van der Waals surface area contributed by atoms with Crippen LogP contribution in [-0.4, -0.2) is 36.9 Å². The number of anilines is 2. The molecule has 21 heavy (non-hydrogen) atoms. The molecule has 2 rings (SSSR count). The molecule has 1 aromatic carbocycles. The first-order valence-corrected chi connectivity index (χ1v) is 6.51. The van der Waals surface area contributed by atoms with E-state index in [1.54, 1.807) is 36.9 Å². The molecular weight excluding hydrogens is 272 g/mol. The minimum atomic E-state index is -0.941. The first-order chi connectivity index (χ1) is 9.77. The average Bonchev–Trinajstić information content (AvgIpc) is 2.43. The Labute approximate surface area is 122 Å². The number of hydrogen-bond donors (Lipinski definition) is 3. The van der Waals surface area contributed by atoms with Crippen LogP contribution in [0, 0.1) is 0 Å². The van der Waals surface area contributed by atoms with Crippen molar-refractivity contribution >= 4 is 29.1 Å². The molecule has 0 aliphatic carbocycles. The van der Waals surface area contributed by atoms with Crippen molar-refractivity contribution in [3.8, 4) is 0 Å². The van der Waals surface area contributed by atoms with Crippen LogP contribution in [0.2, 0.25) is 0 Å². The van der Waals surface area contributed by atoms with E-state index in [1.165, 1.54) is 7.05 Å². The van der Waals surface area contributed by atoms with Gasteiger partial charge >= 0.3 is 0 Å². The van der Waals surface area contributed by atoms with Crippen molar-refractivity contribution in [3.63, 3.8) is 0 Å². The predicted molar refractivity (Wildman–Crippen MR) is 78.8 cm³/mol. The van der Waals surface area contributed by atoms with E-state index in [0.717, 1.165) is 0 Å². The normalized spacial score (nSPS) is 17.4. The second-order valence-electron chi connectivity index (χ2n) is 5.38. The number of nitrogens with one attached hydrogen (secondary N) is 2. The van der Waals surface area contributed by atoms with Crippen LogP contribution in [-0.2, 0) is 9.59 Å². The number of rotatable bonds is 2. The van der Waals surface area contributed by atoms with E-state index in [2.05, 4.69) is 10.6 Å². The Kier molecular flexibility index (Phi) is 3.59. The first-order valence-electron chi connectivity index (χ1n) is 6.51. The van der Waals surface area contributed by atoms with Crippen molar-refractivity contribution < 1.29 is 14.4 Å². The Bertz CT molecular complexity index is 625. The smallest absolute Gasteiger partial charge is 0.251 e. The summed E-state index contributed by atoms with van der Waals surface area (Å²) in [6.07, 6.45) is 0. The number of benzene rings is 1. The molecule has 7 heteroatoms. The minimum absolute atomic E-state index is 0.000136. The quantitative estimate of drug-likeness (QED) is 0.520. The van der Waals surface area contributed by atoms with Gasteiger partial charge in [0.15, 0.2) is 0 Å². The second-order valence-corrected chi connectivity index (χ2v) is 5.38. The summed E-state index contributed by atoms with van der Waals surface area (Å²) in [4.78, 5) is 37.0. The van der Waals surface area contributed by atoms with Crippen LogP contribution in [0.4, 0.5) is 11.4 Å². The molecule has 1 fully saturated rings. The number of amides is 3. The zero-order chi connectivity index (χ0) is 15.8. The lowest BCUT2D eigenvalue weighted by Gasteiger charge is -2.42. The molecule has 1 aliphatic rings. The molecule has 0 atom stereocenters. The van der Waals surface area contributed by atoms with Crippen LogP contribution in [0.3, 0.4) is 0 Å². The zero-order valence-electron chi connectivity index (χ0n) is 12.2. The Balaban J connectivity index is 2.51. The van der Waals surface area contributed by atoms with Crippen LogP contribution in [0.15, 0.2) is 18.2 Å². The highest BCUT2D eigenvalue weighted by atomic mass is 16.2. The number of piperazine rings is 1. The van der Waals surface area contributed by atoms with Gasteiger partial charge in [-0.05, 0) is 32.0 Å². The van der Waals surface area contributed by atoms with Crippen LogP contribution in [0.5, 0.6) is 0 Å². The number of hydrogen-bond acceptors (Lipinski definition) is 5. The van der Waals surface area contributed by atoms with E-state index in [-0.39, 0.29) is 12.5 Å². The molecule has 0 unspecified atom stereocenters. The summed E-state index contributed by atoms with van der Waals surface area (Å²) < 4.78 is 0. The Morgan fingerprint density at radius 2 is 2.05 bits per heavy atom. The highest BCUT2D eigenvalue weighted by molar-refractivity contribution is 6.07. The summed E-state index contributed by atoms with van der Waals surface area (Å²) in [6, 6.07) is 4.77. The molecule has 7 nitrogen and oxygen atoms in total. The SMILES string of the molecule is CNC(=O)c1ccc(N)c(N2CC(=O)NC(=O)C2(C)C)c1. The van der Waals surface area contributed by atoms with Gasteiger partial charge in [0.2, 0.25) is 5.91 Å². The van der Waals surface area contributed by atoms with Crippen LogP contribution >= 0.6 is 0 Å². The van der Waals surface area contributed by atoms with Gasteiger partial charge in [0.25, 0.3) is 11.8 Å². The van der Waals surface area contributed by atoms with Gasteiger partial charge in [-0.15, -0.1) is 0 Å². The van der Waals surface area contributed by atoms with Gasteiger partial charge in [-0.25, -0.2) is 0 Å². The fraction of sp³-hybridized carbons (Fsp3) is 0.357. The molecule has 1 heterocycles. The second kappa shape index (κ2) is 5.08. The molecule has 0 radical (unpaired) electrons. The molecule has 3 amide bonds. The molecule has 1 aromatic rings. The summed E-state index contributed by atoms with van der Waals surface area (Å²) >= 11 is 0. The van der Waals surface area contributed by atoms with Crippen molar-refractivity contribution in [2.24, 2.45) is 0 Å². The fourth-order valence-corrected chi connectivity index (χ4v) is 2.23. The largest absolute Gasteiger partial charge is 0.397 e. The van der Waals surface area contributed by atoms with Crippen molar-refractivity contribution in [2.45, 2.75) is 19.4 Å². The van der Waals surface area contributed by atoms with Crippen LogP contribution < -0.4 is 21.3 Å². The minimum Gasteiger partial charge on any atom is -0.397 e. The average molecular weight is 290 g/mol. The highest BCUT2D eigenvalue weighted by Crippen LogP contribution is 2.32. The highest BCUT2D eigenvalue weighted by Gasteiger charge is 2.41. The Morgan fingerprint density at radius 3 is 2.67 bits per heavy atom. The molecule has 1 saturated heterocycles. The summed E-state index contributed by atoms with van der Waals surface area (Å²) in [6.45, 7) is 3.39. The lowest BCUT2D eigenvalue weighted by Crippen LogP contribution is -2.64. The molecule has 0 spiro atoms. The van der Waals surface area contributed by atoms with Crippen molar-refractivity contribution in [3.05, 3.63) is 23.8 Å². The monoisotopic (exact) mass is 290 g/mol. The molecule has 4 N–H and O–H groups in total. The summed E-state index contributed by atoms with van der Waals surface area (Å²) in [5, 5.41) is 4.82. The van der Waals surface area contributed by atoms with Gasteiger partial charge in [0.05, 0.1) is 17.9 Å². The van der Waals surface area contributed by atoms with E-state index in [1.807, 2.05) is 0 Å². The van der Waals surface area contributed by atoms with Gasteiger partial charge in [0, 0.05) is 12.6 Å². The number of nitrogen functional groups attached to an aromatic ring is 1. The lowest BCUT2D eigenvalue weighted by atomic mass is 9.96. The van der Waals surface area contributed by atoms with Gasteiger partial charge in [-0.3, -0.25) is 19.7 Å². The van der Waals surface area contributed by atoms with Crippen molar-refractivity contribution in [2.75, 3.05) is 24.2 Å². The van der Waals surface area contributed by atoms with Crippen LogP contribution in [0.1, 0.15) is 24.2 Å². The zero-order valence-corrected chi connectivity index (χ0v) is 12.2. The van der Waals surface area contributed by atoms with Gasteiger partial charge < -0.3 is 16.0 Å². The molecule has 0 bridgehead atoms. The van der Waals surface area contributed by atoms with E-state index in [0.29, 0.717) is 16.9 Å². The first kappa shape index (κ1) is 14.8.